The minimum Gasteiger partial charge on any atom is -0.379 e. The molecule has 0 radical (unpaired) electrons. The molecule has 1 saturated carbocycles. The van der Waals surface area contributed by atoms with Crippen LogP contribution in [0.4, 0.5) is 0 Å². The molecule has 7 heteroatoms. The van der Waals surface area contributed by atoms with E-state index < -0.39 is 11.6 Å². The first-order valence-corrected chi connectivity index (χ1v) is 9.83. The van der Waals surface area contributed by atoms with Gasteiger partial charge in [-0.25, -0.2) is 15.3 Å². The molecule has 2 atom stereocenters. The maximum absolute atomic E-state index is 13.2. The molecule has 25 heavy (non-hydrogen) atoms. The van der Waals surface area contributed by atoms with Gasteiger partial charge in [-0.05, 0) is 26.2 Å². The smallest absolute Gasteiger partial charge is 0.241 e. The molecule has 1 aliphatic heterocycles. The first-order chi connectivity index (χ1) is 12.1. The van der Waals surface area contributed by atoms with E-state index in [-0.39, 0.29) is 11.9 Å². The second-order valence-corrected chi connectivity index (χ2v) is 7.39. The number of hydrogen-bond donors (Lipinski definition) is 3. The number of morpholine rings is 1. The molecule has 1 heterocycles. The highest BCUT2D eigenvalue weighted by atomic mass is 17.1. The topological polar surface area (TPSA) is 83.1 Å². The molecule has 7 nitrogen and oxygen atoms in total. The predicted molar refractivity (Wildman–Crippen MR) is 96.0 cm³/mol. The zero-order chi connectivity index (χ0) is 18.1. The SMILES string of the molecule is CCCC[C@H](NC(=O)C1(NN2CCOCC2)CCCCC1)C(C)OO. The Labute approximate surface area is 151 Å². The summed E-state index contributed by atoms with van der Waals surface area (Å²) in [6, 6.07) is -0.178. The zero-order valence-electron chi connectivity index (χ0n) is 15.8. The number of carbonyl (C=O) groups is 1. The minimum atomic E-state index is -0.560. The maximum Gasteiger partial charge on any atom is 0.241 e. The highest BCUT2D eigenvalue weighted by Gasteiger charge is 2.42. The lowest BCUT2D eigenvalue weighted by Crippen LogP contribution is -2.66. The Morgan fingerprint density at radius 1 is 1.28 bits per heavy atom. The lowest BCUT2D eigenvalue weighted by molar-refractivity contribution is -0.280. The van der Waals surface area contributed by atoms with Crippen molar-refractivity contribution < 1.29 is 19.7 Å². The second kappa shape index (κ2) is 10.4. The molecule has 2 aliphatic rings. The number of hydrogen-bond acceptors (Lipinski definition) is 6. The van der Waals surface area contributed by atoms with Crippen LogP contribution in [0.5, 0.6) is 0 Å². The van der Waals surface area contributed by atoms with Crippen molar-refractivity contribution in [3.05, 3.63) is 0 Å². The average Bonchev–Trinajstić information content (AvgIpc) is 2.65. The normalized spacial score (nSPS) is 23.8. The average molecular weight is 357 g/mol. The number of unbranched alkanes of at least 4 members (excludes halogenated alkanes) is 1. The molecule has 1 unspecified atom stereocenters. The number of hydrazine groups is 1. The van der Waals surface area contributed by atoms with Gasteiger partial charge < -0.3 is 10.1 Å². The van der Waals surface area contributed by atoms with E-state index in [1.165, 1.54) is 6.42 Å². The Bertz CT molecular complexity index is 396. The molecule has 1 saturated heterocycles. The summed E-state index contributed by atoms with van der Waals surface area (Å²) in [5.74, 6) is 0.0312. The third-order valence-corrected chi connectivity index (χ3v) is 5.44. The Kier molecular flexibility index (Phi) is 8.58. The summed E-state index contributed by atoms with van der Waals surface area (Å²) < 4.78 is 5.41. The highest BCUT2D eigenvalue weighted by molar-refractivity contribution is 5.86. The molecule has 0 spiro atoms. The van der Waals surface area contributed by atoms with Crippen LogP contribution in [-0.4, -0.2) is 60.2 Å². The summed E-state index contributed by atoms with van der Waals surface area (Å²) in [6.45, 7) is 6.89. The summed E-state index contributed by atoms with van der Waals surface area (Å²) >= 11 is 0. The van der Waals surface area contributed by atoms with Crippen molar-refractivity contribution in [2.45, 2.75) is 82.9 Å². The molecular weight excluding hydrogens is 322 g/mol. The number of amides is 1. The van der Waals surface area contributed by atoms with E-state index in [0.29, 0.717) is 13.2 Å². The van der Waals surface area contributed by atoms with Crippen molar-refractivity contribution in [2.75, 3.05) is 26.3 Å². The summed E-state index contributed by atoms with van der Waals surface area (Å²) in [5, 5.41) is 14.3. The van der Waals surface area contributed by atoms with Crippen LogP contribution in [0.15, 0.2) is 0 Å². The monoisotopic (exact) mass is 357 g/mol. The van der Waals surface area contributed by atoms with Crippen molar-refractivity contribution in [3.63, 3.8) is 0 Å². The second-order valence-electron chi connectivity index (χ2n) is 7.39. The van der Waals surface area contributed by atoms with Gasteiger partial charge in [-0.15, -0.1) is 0 Å². The van der Waals surface area contributed by atoms with E-state index in [9.17, 15) is 4.79 Å². The van der Waals surface area contributed by atoms with E-state index in [2.05, 4.69) is 27.6 Å². The van der Waals surface area contributed by atoms with Crippen molar-refractivity contribution >= 4 is 5.91 Å². The van der Waals surface area contributed by atoms with E-state index in [4.69, 9.17) is 9.99 Å². The number of carbonyl (C=O) groups excluding carboxylic acids is 1. The van der Waals surface area contributed by atoms with Gasteiger partial charge in [-0.3, -0.25) is 10.1 Å². The minimum absolute atomic E-state index is 0.0312. The quantitative estimate of drug-likeness (QED) is 0.433. The fourth-order valence-electron chi connectivity index (χ4n) is 3.75. The van der Waals surface area contributed by atoms with Crippen LogP contribution >= 0.6 is 0 Å². The van der Waals surface area contributed by atoms with Gasteiger partial charge in [0.05, 0.1) is 19.3 Å². The summed E-state index contributed by atoms with van der Waals surface area (Å²) in [6.07, 6.45) is 7.37. The maximum atomic E-state index is 13.2. The molecule has 0 aromatic carbocycles. The molecule has 0 bridgehead atoms. The number of rotatable bonds is 9. The lowest BCUT2D eigenvalue weighted by Gasteiger charge is -2.42. The van der Waals surface area contributed by atoms with Gasteiger partial charge in [0.2, 0.25) is 5.91 Å². The van der Waals surface area contributed by atoms with E-state index >= 15 is 0 Å². The van der Waals surface area contributed by atoms with Gasteiger partial charge in [0, 0.05) is 13.1 Å². The molecule has 0 aromatic rings. The first kappa shape index (κ1) is 20.6. The molecular formula is C18H35N3O4. The van der Waals surface area contributed by atoms with E-state index in [1.807, 2.05) is 0 Å². The number of ether oxygens (including phenoxy) is 1. The summed E-state index contributed by atoms with van der Waals surface area (Å²) in [7, 11) is 0. The third kappa shape index (κ3) is 5.89. The summed E-state index contributed by atoms with van der Waals surface area (Å²) in [5.41, 5.74) is 2.97. The van der Waals surface area contributed by atoms with Gasteiger partial charge in [-0.2, -0.15) is 0 Å². The van der Waals surface area contributed by atoms with Gasteiger partial charge in [0.15, 0.2) is 0 Å². The van der Waals surface area contributed by atoms with Crippen LogP contribution in [-0.2, 0) is 14.4 Å². The Hall–Kier alpha value is -0.730. The van der Waals surface area contributed by atoms with Crippen molar-refractivity contribution in [1.82, 2.24) is 15.8 Å². The fraction of sp³-hybridized carbons (Fsp3) is 0.944. The fourth-order valence-corrected chi connectivity index (χ4v) is 3.75. The molecule has 1 aliphatic carbocycles. The van der Waals surface area contributed by atoms with Gasteiger partial charge in [0.25, 0.3) is 0 Å². The van der Waals surface area contributed by atoms with Crippen LogP contribution in [0, 0.1) is 0 Å². The zero-order valence-corrected chi connectivity index (χ0v) is 15.8. The van der Waals surface area contributed by atoms with Crippen LogP contribution in [0.2, 0.25) is 0 Å². The van der Waals surface area contributed by atoms with Crippen LogP contribution in [0.1, 0.15) is 65.2 Å². The molecule has 2 fully saturated rings. The van der Waals surface area contributed by atoms with Gasteiger partial charge in [0.1, 0.15) is 11.6 Å². The van der Waals surface area contributed by atoms with Crippen molar-refractivity contribution in [1.29, 1.82) is 0 Å². The largest absolute Gasteiger partial charge is 0.379 e. The Morgan fingerprint density at radius 2 is 1.96 bits per heavy atom. The highest BCUT2D eigenvalue weighted by Crippen LogP contribution is 2.29. The van der Waals surface area contributed by atoms with Crippen LogP contribution in [0.25, 0.3) is 0 Å². The lowest BCUT2D eigenvalue weighted by atomic mass is 9.81. The standard InChI is InChI=1S/C18H35N3O4/c1-3-4-8-16(15(2)25-23)19-17(22)18(9-6-5-7-10-18)20-21-11-13-24-14-12-21/h15-16,20,23H,3-14H2,1-2H3,(H,19,22)/t15?,16-/m0/s1. The van der Waals surface area contributed by atoms with E-state index in [1.54, 1.807) is 6.92 Å². The first-order valence-electron chi connectivity index (χ1n) is 9.83. The van der Waals surface area contributed by atoms with Gasteiger partial charge in [-0.1, -0.05) is 39.0 Å². The molecule has 0 aromatic heterocycles. The molecule has 146 valence electrons. The molecule has 1 amide bonds. The van der Waals surface area contributed by atoms with Crippen molar-refractivity contribution in [3.8, 4) is 0 Å². The van der Waals surface area contributed by atoms with Crippen molar-refractivity contribution in [2.24, 2.45) is 0 Å². The van der Waals surface area contributed by atoms with Gasteiger partial charge >= 0.3 is 0 Å². The van der Waals surface area contributed by atoms with Crippen LogP contribution in [0.3, 0.4) is 0 Å². The third-order valence-electron chi connectivity index (χ3n) is 5.44. The molecule has 2 rings (SSSR count). The van der Waals surface area contributed by atoms with Crippen LogP contribution < -0.4 is 10.7 Å². The molecule has 3 N–H and O–H groups in total. The Morgan fingerprint density at radius 3 is 2.56 bits per heavy atom. The number of nitrogens with one attached hydrogen (secondary N) is 2. The Balaban J connectivity index is 2.05. The summed E-state index contributed by atoms with van der Waals surface area (Å²) in [4.78, 5) is 17.7. The number of nitrogens with zero attached hydrogens (tertiary/aromatic N) is 1. The van der Waals surface area contributed by atoms with E-state index in [0.717, 1.165) is 58.0 Å². The predicted octanol–water partition coefficient (Wildman–Crippen LogP) is 2.08.